The molecule has 7 heteroatoms. The van der Waals surface area contributed by atoms with Gasteiger partial charge >= 0.3 is 0 Å². The molecule has 2 aromatic heterocycles. The summed E-state index contributed by atoms with van der Waals surface area (Å²) in [6.07, 6.45) is 3.67. The molecule has 0 aliphatic carbocycles. The third kappa shape index (κ3) is 3.52. The van der Waals surface area contributed by atoms with Gasteiger partial charge in [0.1, 0.15) is 0 Å². The lowest BCUT2D eigenvalue weighted by Gasteiger charge is -2.12. The molecule has 0 amide bonds. The lowest BCUT2D eigenvalue weighted by Crippen LogP contribution is -2.31. The smallest absolute Gasteiger partial charge is 0.165 e. The zero-order chi connectivity index (χ0) is 19.8. The van der Waals surface area contributed by atoms with Crippen molar-refractivity contribution in [3.63, 3.8) is 0 Å². The zero-order valence-corrected chi connectivity index (χ0v) is 18.0. The molecule has 0 bridgehead atoms. The predicted molar refractivity (Wildman–Crippen MR) is 126 cm³/mol. The molecule has 1 unspecified atom stereocenters. The van der Waals surface area contributed by atoms with E-state index in [1.807, 2.05) is 18.3 Å². The Balaban J connectivity index is 1.30. The zero-order valence-electron chi connectivity index (χ0n) is 15.6. The van der Waals surface area contributed by atoms with Gasteiger partial charge in [0.15, 0.2) is 5.50 Å². The molecule has 5 nitrogen and oxygen atoms in total. The van der Waals surface area contributed by atoms with E-state index in [-0.39, 0.29) is 5.50 Å². The van der Waals surface area contributed by atoms with Gasteiger partial charge in [0.25, 0.3) is 0 Å². The number of nitrogens with zero attached hydrogens (tertiary/aromatic N) is 3. The summed E-state index contributed by atoms with van der Waals surface area (Å²) in [7, 11) is 2.07. The van der Waals surface area contributed by atoms with Gasteiger partial charge in [-0.15, -0.1) is 0 Å². The summed E-state index contributed by atoms with van der Waals surface area (Å²) < 4.78 is 3.23. The van der Waals surface area contributed by atoms with E-state index >= 15 is 0 Å². The van der Waals surface area contributed by atoms with Crippen molar-refractivity contribution in [2.24, 2.45) is 12.1 Å². The fourth-order valence-electron chi connectivity index (χ4n) is 3.53. The first-order valence-corrected chi connectivity index (χ1v) is 10.9. The minimum absolute atomic E-state index is 0.0125. The third-order valence-electron chi connectivity index (χ3n) is 4.95. The fourth-order valence-corrected chi connectivity index (χ4v) is 4.72. The largest absolute Gasteiger partial charge is 0.355 e. The average molecular weight is 464 g/mol. The second kappa shape index (κ2) is 7.57. The monoisotopic (exact) mass is 463 g/mol. The number of aryl methyl sites for hydroxylation is 1. The third-order valence-corrected chi connectivity index (χ3v) is 6.31. The summed E-state index contributed by atoms with van der Waals surface area (Å²) in [6, 6.07) is 18.7. The van der Waals surface area contributed by atoms with E-state index in [4.69, 9.17) is 0 Å². The predicted octanol–water partition coefficient (Wildman–Crippen LogP) is 5.03. The Bertz CT molecular complexity index is 1280. The first kappa shape index (κ1) is 18.3. The van der Waals surface area contributed by atoms with Crippen LogP contribution in [-0.4, -0.2) is 21.3 Å². The molecular formula is C22H18BrN5S. The van der Waals surface area contributed by atoms with E-state index in [2.05, 4.69) is 96.2 Å². The summed E-state index contributed by atoms with van der Waals surface area (Å²) in [5.74, 6) is 0. The second-order valence-electron chi connectivity index (χ2n) is 6.79. The van der Waals surface area contributed by atoms with Crippen LogP contribution in [-0.2, 0) is 7.05 Å². The molecule has 1 aliphatic rings. The van der Waals surface area contributed by atoms with E-state index < -0.39 is 0 Å². The molecular weight excluding hydrogens is 446 g/mol. The van der Waals surface area contributed by atoms with Crippen LogP contribution in [0.3, 0.4) is 0 Å². The van der Waals surface area contributed by atoms with Crippen LogP contribution in [0.15, 0.2) is 75.8 Å². The normalized spacial score (nSPS) is 16.5. The molecule has 144 valence electrons. The van der Waals surface area contributed by atoms with E-state index in [0.29, 0.717) is 0 Å². The van der Waals surface area contributed by atoms with Crippen LogP contribution in [0.25, 0.3) is 27.5 Å². The van der Waals surface area contributed by atoms with Crippen LogP contribution in [0.2, 0.25) is 0 Å². The maximum absolute atomic E-state index is 4.54. The summed E-state index contributed by atoms with van der Waals surface area (Å²) in [4.78, 5) is 4.54. The van der Waals surface area contributed by atoms with Gasteiger partial charge in [-0.1, -0.05) is 58.0 Å². The number of hydrazone groups is 1. The Morgan fingerprint density at radius 1 is 1.14 bits per heavy atom. The number of thioether (sulfide) groups is 1. The molecule has 0 radical (unpaired) electrons. The number of rotatable bonds is 4. The summed E-state index contributed by atoms with van der Waals surface area (Å²) in [5.41, 5.74) is 8.50. The Morgan fingerprint density at radius 3 is 2.93 bits per heavy atom. The number of para-hydroxylation sites is 1. The van der Waals surface area contributed by atoms with Gasteiger partial charge in [0.2, 0.25) is 0 Å². The number of hydrogen-bond acceptors (Lipinski definition) is 5. The summed E-state index contributed by atoms with van der Waals surface area (Å²) in [5, 5.41) is 12.3. The SMILES string of the molecule is Cn1c2ccccc2c2cc(C=NNC3NC(c4cccc(Br)c4)=CS3)ncc21. The van der Waals surface area contributed by atoms with E-state index in [0.717, 1.165) is 26.9 Å². The molecule has 1 aliphatic heterocycles. The van der Waals surface area contributed by atoms with Crippen LogP contribution in [0.1, 0.15) is 11.3 Å². The average Bonchev–Trinajstić information content (AvgIpc) is 3.32. The van der Waals surface area contributed by atoms with Crippen molar-refractivity contribution in [2.75, 3.05) is 0 Å². The van der Waals surface area contributed by atoms with Crippen LogP contribution in [0.5, 0.6) is 0 Å². The van der Waals surface area contributed by atoms with Gasteiger partial charge in [-0.2, -0.15) is 5.10 Å². The number of halogens is 1. The first-order chi connectivity index (χ1) is 14.2. The molecule has 2 aromatic carbocycles. The highest BCUT2D eigenvalue weighted by molar-refractivity contribution is 9.10. The quantitative estimate of drug-likeness (QED) is 0.329. The minimum atomic E-state index is -0.0125. The number of aromatic nitrogens is 2. The fraction of sp³-hybridized carbons (Fsp3) is 0.0909. The highest BCUT2D eigenvalue weighted by Gasteiger charge is 2.16. The Hall–Kier alpha value is -2.77. The van der Waals surface area contributed by atoms with E-state index in [9.17, 15) is 0 Å². The Kier molecular flexibility index (Phi) is 4.77. The van der Waals surface area contributed by atoms with Gasteiger partial charge in [0, 0.05) is 27.8 Å². The first-order valence-electron chi connectivity index (χ1n) is 9.19. The maximum atomic E-state index is 4.54. The van der Waals surface area contributed by atoms with Crippen LogP contribution in [0, 0.1) is 0 Å². The molecule has 0 spiro atoms. The van der Waals surface area contributed by atoms with Crippen LogP contribution < -0.4 is 10.7 Å². The Labute approximate surface area is 181 Å². The standard InChI is InChI=1S/C22H18BrN5S/c1-28-20-8-3-2-7-17(20)18-10-16(24-12-21(18)28)11-25-27-22-26-19(13-29-22)14-5-4-6-15(23)9-14/h2-13,22,26-27H,1H3. The van der Waals surface area contributed by atoms with E-state index in [1.54, 1.807) is 18.0 Å². The van der Waals surface area contributed by atoms with Crippen LogP contribution in [0.4, 0.5) is 0 Å². The lowest BCUT2D eigenvalue weighted by molar-refractivity contribution is 0.657. The Morgan fingerprint density at radius 2 is 2.03 bits per heavy atom. The van der Waals surface area contributed by atoms with E-state index in [1.165, 1.54) is 16.3 Å². The highest BCUT2D eigenvalue weighted by atomic mass is 79.9. The molecule has 0 saturated carbocycles. The lowest BCUT2D eigenvalue weighted by atomic mass is 10.2. The number of hydrogen-bond donors (Lipinski definition) is 2. The van der Waals surface area contributed by atoms with Crippen molar-refractivity contribution in [1.29, 1.82) is 0 Å². The van der Waals surface area contributed by atoms with Crippen molar-refractivity contribution >= 4 is 61.4 Å². The molecule has 1 atom stereocenters. The number of benzene rings is 2. The number of nitrogens with one attached hydrogen (secondary N) is 2. The van der Waals surface area contributed by atoms with Gasteiger partial charge in [-0.25, -0.2) is 0 Å². The summed E-state index contributed by atoms with van der Waals surface area (Å²) >= 11 is 5.17. The van der Waals surface area contributed by atoms with Crippen molar-refractivity contribution in [1.82, 2.24) is 20.3 Å². The molecule has 5 rings (SSSR count). The van der Waals surface area contributed by atoms with Gasteiger partial charge < -0.3 is 9.88 Å². The van der Waals surface area contributed by atoms with Crippen molar-refractivity contribution in [3.8, 4) is 0 Å². The van der Waals surface area contributed by atoms with Gasteiger partial charge in [-0.05, 0) is 35.2 Å². The van der Waals surface area contributed by atoms with Crippen molar-refractivity contribution < 1.29 is 0 Å². The molecule has 0 saturated heterocycles. The molecule has 29 heavy (non-hydrogen) atoms. The minimum Gasteiger partial charge on any atom is -0.355 e. The molecule has 4 aromatic rings. The second-order valence-corrected chi connectivity index (χ2v) is 8.69. The van der Waals surface area contributed by atoms with Crippen molar-refractivity contribution in [2.45, 2.75) is 5.50 Å². The molecule has 0 fully saturated rings. The summed E-state index contributed by atoms with van der Waals surface area (Å²) in [6.45, 7) is 0. The van der Waals surface area contributed by atoms with Gasteiger partial charge in [0.05, 0.1) is 29.3 Å². The van der Waals surface area contributed by atoms with Crippen molar-refractivity contribution in [3.05, 3.63) is 81.9 Å². The topological polar surface area (TPSA) is 54.2 Å². The van der Waals surface area contributed by atoms with Crippen LogP contribution >= 0.6 is 27.7 Å². The number of fused-ring (bicyclic) bond motifs is 3. The molecule has 2 N–H and O–H groups in total. The van der Waals surface area contributed by atoms with Gasteiger partial charge in [-0.3, -0.25) is 10.4 Å². The number of pyridine rings is 1. The molecule has 3 heterocycles. The maximum Gasteiger partial charge on any atom is 0.165 e. The highest BCUT2D eigenvalue weighted by Crippen LogP contribution is 2.28.